The van der Waals surface area contributed by atoms with Gasteiger partial charge in [0.15, 0.2) is 0 Å². The normalized spacial score (nSPS) is 11.7. The Morgan fingerprint density at radius 3 is 2.55 bits per heavy atom. The number of unbranched alkanes of at least 4 members (excludes halogenated alkanes) is 2. The van der Waals surface area contributed by atoms with Gasteiger partial charge in [-0.05, 0) is 36.0 Å². The third kappa shape index (κ3) is 5.96. The van der Waals surface area contributed by atoms with Gasteiger partial charge in [-0.2, -0.15) is 0 Å². The van der Waals surface area contributed by atoms with E-state index >= 15 is 0 Å². The number of benzene rings is 1. The smallest absolute Gasteiger partial charge is 0.121 e. The molecule has 1 rings (SSSR count). The molecule has 2 heteroatoms. The van der Waals surface area contributed by atoms with Gasteiger partial charge in [-0.3, -0.25) is 0 Å². The van der Waals surface area contributed by atoms with E-state index in [4.69, 9.17) is 4.74 Å². The molecule has 0 aliphatic rings. The summed E-state index contributed by atoms with van der Waals surface area (Å²) in [5, 5.41) is 3.59. The van der Waals surface area contributed by atoms with Gasteiger partial charge in [0.25, 0.3) is 0 Å². The highest BCUT2D eigenvalue weighted by Crippen LogP contribution is 2.23. The number of rotatable bonds is 9. The molecule has 0 heterocycles. The molecule has 1 aromatic carbocycles. The summed E-state index contributed by atoms with van der Waals surface area (Å²) in [6.07, 6.45) is 5.29. The molecule has 1 aromatic rings. The van der Waals surface area contributed by atoms with E-state index in [9.17, 15) is 0 Å². The van der Waals surface area contributed by atoms with E-state index in [2.05, 4.69) is 51.2 Å². The minimum Gasteiger partial charge on any atom is -0.496 e. The largest absolute Gasteiger partial charge is 0.496 e. The van der Waals surface area contributed by atoms with Crippen molar-refractivity contribution >= 4 is 0 Å². The molecule has 2 nitrogen and oxygen atoms in total. The van der Waals surface area contributed by atoms with Crippen LogP contribution in [-0.4, -0.2) is 13.7 Å². The third-order valence-electron chi connectivity index (χ3n) is 3.85. The van der Waals surface area contributed by atoms with Gasteiger partial charge in [0, 0.05) is 13.1 Å². The third-order valence-corrected chi connectivity index (χ3v) is 3.85. The van der Waals surface area contributed by atoms with Crippen molar-refractivity contribution in [3.05, 3.63) is 29.3 Å². The molecule has 1 N–H and O–H groups in total. The molecule has 20 heavy (non-hydrogen) atoms. The number of nitrogens with one attached hydrogen (secondary N) is 1. The molecule has 0 spiro atoms. The average molecular weight is 277 g/mol. The standard InChI is InChI=1S/C18H31NO/c1-6-7-8-11-18(3,4)14-19-13-16-9-10-17(20-5)15(2)12-16/h9-10,12,19H,6-8,11,13-14H2,1-5H3. The first-order valence-electron chi connectivity index (χ1n) is 7.83. The summed E-state index contributed by atoms with van der Waals surface area (Å²) in [6.45, 7) is 11.1. The van der Waals surface area contributed by atoms with Crippen LogP contribution in [0.15, 0.2) is 18.2 Å². The molecule has 0 saturated carbocycles. The van der Waals surface area contributed by atoms with Crippen LogP contribution in [0.5, 0.6) is 5.75 Å². The second-order valence-corrected chi connectivity index (χ2v) is 6.53. The lowest BCUT2D eigenvalue weighted by atomic mass is 9.87. The fraction of sp³-hybridized carbons (Fsp3) is 0.667. The van der Waals surface area contributed by atoms with Gasteiger partial charge in [-0.1, -0.05) is 52.2 Å². The van der Waals surface area contributed by atoms with Crippen LogP contribution < -0.4 is 10.1 Å². The Balaban J connectivity index is 2.38. The summed E-state index contributed by atoms with van der Waals surface area (Å²) in [6, 6.07) is 6.40. The highest BCUT2D eigenvalue weighted by Gasteiger charge is 2.16. The molecule has 0 saturated heterocycles. The number of ether oxygens (including phenoxy) is 1. The Morgan fingerprint density at radius 1 is 1.20 bits per heavy atom. The van der Waals surface area contributed by atoms with Crippen molar-refractivity contribution in [2.45, 2.75) is 59.9 Å². The maximum absolute atomic E-state index is 5.29. The minimum atomic E-state index is 0.386. The summed E-state index contributed by atoms with van der Waals surface area (Å²) >= 11 is 0. The molecule has 114 valence electrons. The first-order valence-corrected chi connectivity index (χ1v) is 7.83. The zero-order valence-electron chi connectivity index (χ0n) is 13.9. The molecular weight excluding hydrogens is 246 g/mol. The quantitative estimate of drug-likeness (QED) is 0.661. The molecule has 0 unspecified atom stereocenters. The summed E-state index contributed by atoms with van der Waals surface area (Å²) in [7, 11) is 1.72. The molecule has 0 aromatic heterocycles. The van der Waals surface area contributed by atoms with Crippen molar-refractivity contribution in [3.8, 4) is 5.75 Å². The highest BCUT2D eigenvalue weighted by atomic mass is 16.5. The summed E-state index contributed by atoms with van der Waals surface area (Å²) in [5.41, 5.74) is 2.91. The van der Waals surface area contributed by atoms with Gasteiger partial charge < -0.3 is 10.1 Å². The van der Waals surface area contributed by atoms with Gasteiger partial charge in [0.1, 0.15) is 5.75 Å². The zero-order valence-corrected chi connectivity index (χ0v) is 13.9. The molecule has 0 aliphatic carbocycles. The summed E-state index contributed by atoms with van der Waals surface area (Å²) in [4.78, 5) is 0. The Labute approximate surface area is 124 Å². The van der Waals surface area contributed by atoms with Crippen LogP contribution in [0.1, 0.15) is 57.6 Å². The minimum absolute atomic E-state index is 0.386. The number of hydrogen-bond acceptors (Lipinski definition) is 2. The van der Waals surface area contributed by atoms with E-state index in [0.29, 0.717) is 5.41 Å². The van der Waals surface area contributed by atoms with Crippen molar-refractivity contribution in [2.24, 2.45) is 5.41 Å². The van der Waals surface area contributed by atoms with Crippen molar-refractivity contribution in [1.29, 1.82) is 0 Å². The lowest BCUT2D eigenvalue weighted by Gasteiger charge is -2.25. The van der Waals surface area contributed by atoms with Gasteiger partial charge in [-0.15, -0.1) is 0 Å². The SMILES string of the molecule is CCCCCC(C)(C)CNCc1ccc(OC)c(C)c1. The van der Waals surface area contributed by atoms with E-state index in [1.165, 1.54) is 36.8 Å². The monoisotopic (exact) mass is 277 g/mol. The summed E-state index contributed by atoms with van der Waals surface area (Å²) < 4.78 is 5.29. The Morgan fingerprint density at radius 2 is 1.95 bits per heavy atom. The van der Waals surface area contributed by atoms with Crippen LogP contribution in [0, 0.1) is 12.3 Å². The van der Waals surface area contributed by atoms with Crippen molar-refractivity contribution in [3.63, 3.8) is 0 Å². The topological polar surface area (TPSA) is 21.3 Å². The van der Waals surface area contributed by atoms with E-state index < -0.39 is 0 Å². The second-order valence-electron chi connectivity index (χ2n) is 6.53. The van der Waals surface area contributed by atoms with Crippen LogP contribution in [-0.2, 0) is 6.54 Å². The van der Waals surface area contributed by atoms with Crippen molar-refractivity contribution < 1.29 is 4.74 Å². The van der Waals surface area contributed by atoms with E-state index in [1.807, 2.05) is 0 Å². The molecule has 0 bridgehead atoms. The lowest BCUT2D eigenvalue weighted by molar-refractivity contribution is 0.302. The zero-order chi connectivity index (χ0) is 15.0. The Hall–Kier alpha value is -1.02. The maximum atomic E-state index is 5.29. The lowest BCUT2D eigenvalue weighted by Crippen LogP contribution is -2.29. The predicted molar refractivity (Wildman–Crippen MR) is 87.4 cm³/mol. The van der Waals surface area contributed by atoms with E-state index in [0.717, 1.165) is 18.8 Å². The van der Waals surface area contributed by atoms with Crippen LogP contribution in [0.3, 0.4) is 0 Å². The van der Waals surface area contributed by atoms with Gasteiger partial charge in [0.05, 0.1) is 7.11 Å². The number of hydrogen-bond donors (Lipinski definition) is 1. The molecular formula is C18H31NO. The fourth-order valence-electron chi connectivity index (χ4n) is 2.54. The first kappa shape index (κ1) is 17.0. The first-order chi connectivity index (χ1) is 9.48. The van der Waals surface area contributed by atoms with Gasteiger partial charge in [0.2, 0.25) is 0 Å². The van der Waals surface area contributed by atoms with Crippen molar-refractivity contribution in [2.75, 3.05) is 13.7 Å². The number of methoxy groups -OCH3 is 1. The van der Waals surface area contributed by atoms with Crippen LogP contribution in [0.2, 0.25) is 0 Å². The Kier molecular flexibility index (Phi) is 7.08. The maximum Gasteiger partial charge on any atom is 0.121 e. The summed E-state index contributed by atoms with van der Waals surface area (Å²) in [5.74, 6) is 0.966. The second kappa shape index (κ2) is 8.31. The van der Waals surface area contributed by atoms with Crippen molar-refractivity contribution in [1.82, 2.24) is 5.32 Å². The fourth-order valence-corrected chi connectivity index (χ4v) is 2.54. The highest BCUT2D eigenvalue weighted by molar-refractivity contribution is 5.36. The van der Waals surface area contributed by atoms with Crippen LogP contribution >= 0.6 is 0 Å². The molecule has 0 amide bonds. The molecule has 0 radical (unpaired) electrons. The molecule has 0 atom stereocenters. The Bertz CT molecular complexity index is 398. The van der Waals surface area contributed by atoms with Crippen LogP contribution in [0.4, 0.5) is 0 Å². The van der Waals surface area contributed by atoms with Gasteiger partial charge >= 0.3 is 0 Å². The van der Waals surface area contributed by atoms with E-state index in [1.54, 1.807) is 7.11 Å². The molecule has 0 aliphatic heterocycles. The number of aryl methyl sites for hydroxylation is 1. The van der Waals surface area contributed by atoms with E-state index in [-0.39, 0.29) is 0 Å². The predicted octanol–water partition coefficient (Wildman–Crippen LogP) is 4.70. The average Bonchev–Trinajstić information content (AvgIpc) is 2.39. The molecule has 0 fully saturated rings. The van der Waals surface area contributed by atoms with Crippen LogP contribution in [0.25, 0.3) is 0 Å². The van der Waals surface area contributed by atoms with Gasteiger partial charge in [-0.25, -0.2) is 0 Å².